The number of halogens is 2. The van der Waals surface area contributed by atoms with Crippen LogP contribution in [0, 0.1) is 15.3 Å². The van der Waals surface area contributed by atoms with E-state index in [4.69, 9.17) is 0 Å². The van der Waals surface area contributed by atoms with Crippen molar-refractivity contribution in [1.82, 2.24) is 0 Å². The van der Waals surface area contributed by atoms with Gasteiger partial charge < -0.3 is 5.32 Å². The number of hydrogen-bond donors (Lipinski definition) is 1. The van der Waals surface area contributed by atoms with Crippen LogP contribution in [0.1, 0.15) is 32.1 Å². The highest BCUT2D eigenvalue weighted by Crippen LogP contribution is 2.25. The lowest BCUT2D eigenvalue weighted by Gasteiger charge is -2.20. The molecular formula is C13H15FINO. The molecule has 1 amide bonds. The van der Waals surface area contributed by atoms with E-state index in [1.807, 2.05) is 22.6 Å². The Kier molecular flexibility index (Phi) is 4.36. The minimum absolute atomic E-state index is 0.0372. The van der Waals surface area contributed by atoms with Gasteiger partial charge in [0.1, 0.15) is 5.82 Å². The van der Waals surface area contributed by atoms with Crippen molar-refractivity contribution in [2.24, 2.45) is 5.92 Å². The van der Waals surface area contributed by atoms with Gasteiger partial charge in [0.25, 0.3) is 0 Å². The molecule has 4 heteroatoms. The van der Waals surface area contributed by atoms with Gasteiger partial charge in [0.15, 0.2) is 0 Å². The molecule has 0 atom stereocenters. The average Bonchev–Trinajstić information content (AvgIpc) is 2.34. The number of benzene rings is 1. The van der Waals surface area contributed by atoms with Gasteiger partial charge in [0.05, 0.1) is 5.69 Å². The summed E-state index contributed by atoms with van der Waals surface area (Å²) >= 11 is 2.05. The van der Waals surface area contributed by atoms with Crippen molar-refractivity contribution in [2.45, 2.75) is 32.1 Å². The molecule has 1 aliphatic carbocycles. The number of nitrogens with one attached hydrogen (secondary N) is 1. The average molecular weight is 347 g/mol. The van der Waals surface area contributed by atoms with E-state index in [9.17, 15) is 9.18 Å². The van der Waals surface area contributed by atoms with Crippen LogP contribution in [0.3, 0.4) is 0 Å². The van der Waals surface area contributed by atoms with Gasteiger partial charge in [-0.05, 0) is 53.6 Å². The second-order valence-electron chi connectivity index (χ2n) is 4.45. The maximum absolute atomic E-state index is 13.6. The summed E-state index contributed by atoms with van der Waals surface area (Å²) in [6.07, 6.45) is 5.28. The lowest BCUT2D eigenvalue weighted by Crippen LogP contribution is -2.25. The van der Waals surface area contributed by atoms with Crippen LogP contribution >= 0.6 is 22.6 Å². The fourth-order valence-corrected chi connectivity index (χ4v) is 2.64. The topological polar surface area (TPSA) is 29.1 Å². The second kappa shape index (κ2) is 5.80. The molecular weight excluding hydrogens is 332 g/mol. The van der Waals surface area contributed by atoms with E-state index >= 15 is 0 Å². The quantitative estimate of drug-likeness (QED) is 0.807. The van der Waals surface area contributed by atoms with Crippen LogP contribution in [0.15, 0.2) is 18.2 Å². The maximum atomic E-state index is 13.6. The highest BCUT2D eigenvalue weighted by molar-refractivity contribution is 14.1. The summed E-state index contributed by atoms with van der Waals surface area (Å²) in [7, 11) is 0. The highest BCUT2D eigenvalue weighted by atomic mass is 127. The molecule has 1 aliphatic rings. The number of carbonyl (C=O) groups excluding carboxylic acids is 1. The van der Waals surface area contributed by atoms with E-state index in [0.717, 1.165) is 29.3 Å². The highest BCUT2D eigenvalue weighted by Gasteiger charge is 2.21. The standard InChI is InChI=1S/C13H15FINO/c14-11-8-10(15)6-7-12(11)16-13(17)9-4-2-1-3-5-9/h6-9H,1-5H2,(H,16,17). The van der Waals surface area contributed by atoms with E-state index < -0.39 is 0 Å². The summed E-state index contributed by atoms with van der Waals surface area (Å²) in [6, 6.07) is 4.84. The number of hydrogen-bond acceptors (Lipinski definition) is 1. The van der Waals surface area contributed by atoms with Crippen molar-refractivity contribution in [1.29, 1.82) is 0 Å². The van der Waals surface area contributed by atoms with Gasteiger partial charge >= 0.3 is 0 Å². The van der Waals surface area contributed by atoms with E-state index in [-0.39, 0.29) is 17.6 Å². The summed E-state index contributed by atoms with van der Waals surface area (Å²) in [5, 5.41) is 2.69. The summed E-state index contributed by atoms with van der Waals surface area (Å²) < 4.78 is 14.4. The zero-order chi connectivity index (χ0) is 12.3. The van der Waals surface area contributed by atoms with Crippen LogP contribution < -0.4 is 5.32 Å². The number of anilines is 1. The molecule has 17 heavy (non-hydrogen) atoms. The van der Waals surface area contributed by atoms with Gasteiger partial charge in [-0.2, -0.15) is 0 Å². The molecule has 92 valence electrons. The molecule has 0 aromatic heterocycles. The smallest absolute Gasteiger partial charge is 0.227 e. The normalized spacial score (nSPS) is 16.8. The first-order valence-corrected chi connectivity index (χ1v) is 7.00. The predicted molar refractivity (Wildman–Crippen MR) is 74.3 cm³/mol. The van der Waals surface area contributed by atoms with Gasteiger partial charge in [-0.15, -0.1) is 0 Å². The minimum Gasteiger partial charge on any atom is -0.323 e. The van der Waals surface area contributed by atoms with Gasteiger partial charge in [-0.1, -0.05) is 19.3 Å². The summed E-state index contributed by atoms with van der Waals surface area (Å²) in [5.74, 6) is -0.340. The van der Waals surface area contributed by atoms with Crippen LogP contribution in [0.4, 0.5) is 10.1 Å². The van der Waals surface area contributed by atoms with E-state index in [1.54, 1.807) is 12.1 Å². The zero-order valence-electron chi connectivity index (χ0n) is 9.51. The number of carbonyl (C=O) groups is 1. The molecule has 1 aromatic carbocycles. The van der Waals surface area contributed by atoms with Gasteiger partial charge in [0.2, 0.25) is 5.91 Å². The minimum atomic E-state index is -0.360. The molecule has 0 heterocycles. The van der Waals surface area contributed by atoms with E-state index in [0.29, 0.717) is 5.69 Å². The third-order valence-corrected chi connectivity index (χ3v) is 3.84. The first-order chi connectivity index (χ1) is 8.16. The molecule has 0 spiro atoms. The molecule has 2 rings (SSSR count). The Morgan fingerprint density at radius 3 is 2.65 bits per heavy atom. The summed E-state index contributed by atoms with van der Waals surface area (Å²) in [4.78, 5) is 11.9. The van der Waals surface area contributed by atoms with Crippen molar-refractivity contribution >= 4 is 34.2 Å². The van der Waals surface area contributed by atoms with E-state index in [1.165, 1.54) is 12.5 Å². The monoisotopic (exact) mass is 347 g/mol. The molecule has 0 unspecified atom stereocenters. The Hall–Kier alpha value is -0.650. The Balaban J connectivity index is 2.02. The Morgan fingerprint density at radius 1 is 1.29 bits per heavy atom. The zero-order valence-corrected chi connectivity index (χ0v) is 11.7. The molecule has 2 nitrogen and oxygen atoms in total. The first-order valence-electron chi connectivity index (χ1n) is 5.93. The number of rotatable bonds is 2. The second-order valence-corrected chi connectivity index (χ2v) is 5.69. The lowest BCUT2D eigenvalue weighted by atomic mass is 9.88. The fourth-order valence-electron chi connectivity index (χ4n) is 2.19. The van der Waals surface area contributed by atoms with Gasteiger partial charge in [-0.25, -0.2) is 4.39 Å². The molecule has 1 aromatic rings. The van der Waals surface area contributed by atoms with Gasteiger partial charge in [0, 0.05) is 9.49 Å². The molecule has 1 saturated carbocycles. The van der Waals surface area contributed by atoms with Crippen molar-refractivity contribution in [3.8, 4) is 0 Å². The summed E-state index contributed by atoms with van der Waals surface area (Å²) in [5.41, 5.74) is 0.293. The molecule has 0 saturated heterocycles. The fraction of sp³-hybridized carbons (Fsp3) is 0.462. The van der Waals surface area contributed by atoms with Gasteiger partial charge in [-0.3, -0.25) is 4.79 Å². The molecule has 1 N–H and O–H groups in total. The molecule has 0 aliphatic heterocycles. The Morgan fingerprint density at radius 2 is 2.00 bits per heavy atom. The lowest BCUT2D eigenvalue weighted by molar-refractivity contribution is -0.120. The maximum Gasteiger partial charge on any atom is 0.227 e. The van der Waals surface area contributed by atoms with Crippen LogP contribution in [-0.2, 0) is 4.79 Å². The van der Waals surface area contributed by atoms with Crippen molar-refractivity contribution < 1.29 is 9.18 Å². The third kappa shape index (κ3) is 3.40. The SMILES string of the molecule is O=C(Nc1ccc(I)cc1F)C1CCCCC1. The third-order valence-electron chi connectivity index (χ3n) is 3.16. The molecule has 1 fully saturated rings. The molecule has 0 radical (unpaired) electrons. The molecule has 0 bridgehead atoms. The Bertz CT molecular complexity index is 416. The van der Waals surface area contributed by atoms with E-state index in [2.05, 4.69) is 5.32 Å². The largest absolute Gasteiger partial charge is 0.323 e. The first kappa shape index (κ1) is 12.8. The van der Waals surface area contributed by atoms with Crippen LogP contribution in [0.25, 0.3) is 0 Å². The summed E-state index contributed by atoms with van der Waals surface area (Å²) in [6.45, 7) is 0. The predicted octanol–water partition coefficient (Wildman–Crippen LogP) is 3.95. The Labute approximate surface area is 114 Å². The van der Waals surface area contributed by atoms with Crippen LogP contribution in [0.5, 0.6) is 0 Å². The number of amides is 1. The van der Waals surface area contributed by atoms with Crippen molar-refractivity contribution in [3.05, 3.63) is 27.6 Å². The van der Waals surface area contributed by atoms with Crippen LogP contribution in [0.2, 0.25) is 0 Å². The van der Waals surface area contributed by atoms with Crippen molar-refractivity contribution in [2.75, 3.05) is 5.32 Å². The van der Waals surface area contributed by atoms with Crippen LogP contribution in [-0.4, -0.2) is 5.91 Å². The van der Waals surface area contributed by atoms with Crippen molar-refractivity contribution in [3.63, 3.8) is 0 Å².